The van der Waals surface area contributed by atoms with Crippen LogP contribution in [0.5, 0.6) is 0 Å². The van der Waals surface area contributed by atoms with E-state index in [1.54, 1.807) is 6.07 Å². The van der Waals surface area contributed by atoms with Gasteiger partial charge in [-0.05, 0) is 50.9 Å². The van der Waals surface area contributed by atoms with Crippen LogP contribution in [-0.4, -0.2) is 36.6 Å². The Morgan fingerprint density at radius 2 is 2.04 bits per heavy atom. The summed E-state index contributed by atoms with van der Waals surface area (Å²) in [4.78, 5) is 14.5. The number of carbonyl (C=O) groups is 1. The minimum absolute atomic E-state index is 0.0649. The minimum Gasteiger partial charge on any atom is -0.463 e. The second-order valence-corrected chi connectivity index (χ2v) is 7.99. The molecule has 0 amide bonds. The summed E-state index contributed by atoms with van der Waals surface area (Å²) < 4.78 is 5.71. The van der Waals surface area contributed by atoms with Crippen LogP contribution in [0, 0.1) is 5.92 Å². The summed E-state index contributed by atoms with van der Waals surface area (Å²) in [5, 5.41) is 1.08. The molecule has 2 rings (SSSR count). The van der Waals surface area contributed by atoms with Crippen LogP contribution in [0.2, 0.25) is 10.0 Å². The van der Waals surface area contributed by atoms with Gasteiger partial charge < -0.3 is 4.74 Å². The van der Waals surface area contributed by atoms with Crippen LogP contribution >= 0.6 is 23.2 Å². The normalized spacial score (nSPS) is 17.5. The Labute approximate surface area is 160 Å². The maximum absolute atomic E-state index is 12.3. The molecule has 1 saturated carbocycles. The second kappa shape index (κ2) is 9.07. The quantitative estimate of drug-likeness (QED) is 0.459. The summed E-state index contributed by atoms with van der Waals surface area (Å²) in [7, 11) is 2.02. The van der Waals surface area contributed by atoms with Gasteiger partial charge in [-0.2, -0.15) is 0 Å². The molecule has 1 aliphatic rings. The summed E-state index contributed by atoms with van der Waals surface area (Å²) in [6.45, 7) is 6.96. The minimum atomic E-state index is -0.348. The molecule has 0 radical (unpaired) electrons. The molecular formula is C20H27Cl2NO2. The highest BCUT2D eigenvalue weighted by molar-refractivity contribution is 6.42. The lowest BCUT2D eigenvalue weighted by Gasteiger charge is -2.38. The van der Waals surface area contributed by atoms with Gasteiger partial charge in [0, 0.05) is 6.54 Å². The van der Waals surface area contributed by atoms with Crippen LogP contribution in [0.1, 0.15) is 38.2 Å². The number of hydrogen-bond acceptors (Lipinski definition) is 3. The lowest BCUT2D eigenvalue weighted by Crippen LogP contribution is -2.50. The fourth-order valence-corrected chi connectivity index (χ4v) is 3.63. The van der Waals surface area contributed by atoms with Crippen molar-refractivity contribution < 1.29 is 9.53 Å². The van der Waals surface area contributed by atoms with E-state index in [1.165, 1.54) is 0 Å². The van der Waals surface area contributed by atoms with Crippen molar-refractivity contribution >= 4 is 29.2 Å². The fourth-order valence-electron chi connectivity index (χ4n) is 3.31. The second-order valence-electron chi connectivity index (χ2n) is 7.18. The van der Waals surface area contributed by atoms with Crippen LogP contribution in [0.4, 0.5) is 0 Å². The van der Waals surface area contributed by atoms with Crippen molar-refractivity contribution in [2.45, 2.75) is 44.6 Å². The molecule has 1 unspecified atom stereocenters. The van der Waals surface area contributed by atoms with Crippen LogP contribution in [0.15, 0.2) is 30.9 Å². The molecule has 3 nitrogen and oxygen atoms in total. The van der Waals surface area contributed by atoms with E-state index < -0.39 is 0 Å². The van der Waals surface area contributed by atoms with Crippen molar-refractivity contribution in [1.82, 2.24) is 4.90 Å². The first-order valence-electron chi connectivity index (χ1n) is 8.78. The zero-order valence-electron chi connectivity index (χ0n) is 15.1. The predicted octanol–water partition coefficient (Wildman–Crippen LogP) is 5.15. The van der Waals surface area contributed by atoms with Crippen molar-refractivity contribution in [2.24, 2.45) is 5.92 Å². The zero-order chi connectivity index (χ0) is 18.4. The van der Waals surface area contributed by atoms with E-state index in [-0.39, 0.29) is 17.4 Å². The summed E-state index contributed by atoms with van der Waals surface area (Å²) in [6.07, 6.45) is 6.70. The number of nitrogens with zero attached hydrogens (tertiary/aromatic N) is 1. The number of carbonyl (C=O) groups excluding carboxylic acids is 1. The van der Waals surface area contributed by atoms with Gasteiger partial charge in [0.2, 0.25) is 0 Å². The number of ether oxygens (including phenoxy) is 1. The van der Waals surface area contributed by atoms with Gasteiger partial charge in [0.05, 0.1) is 21.5 Å². The maximum Gasteiger partial charge on any atom is 0.308 e. The Morgan fingerprint density at radius 3 is 2.64 bits per heavy atom. The van der Waals surface area contributed by atoms with Gasteiger partial charge in [-0.25, -0.2) is 0 Å². The lowest BCUT2D eigenvalue weighted by molar-refractivity contribution is -0.152. The maximum atomic E-state index is 12.3. The van der Waals surface area contributed by atoms with E-state index in [2.05, 4.69) is 18.4 Å². The standard InChI is InChI=1S/C20H27Cl2NO2/c1-4-11-23(3)20(2,13-15-9-10-17(21)18(22)12-15)14-25-19(24)16-7-5-6-8-16/h4,9-10,12,16H,1,5-8,11,13-14H2,2-3H3. The molecule has 0 aliphatic heterocycles. The van der Waals surface area contributed by atoms with Crippen molar-refractivity contribution in [1.29, 1.82) is 0 Å². The highest BCUT2D eigenvalue weighted by atomic mass is 35.5. The predicted molar refractivity (Wildman–Crippen MR) is 104 cm³/mol. The smallest absolute Gasteiger partial charge is 0.308 e. The SMILES string of the molecule is C=CCN(C)C(C)(COC(=O)C1CCCC1)Cc1ccc(Cl)c(Cl)c1. The van der Waals surface area contributed by atoms with Gasteiger partial charge in [0.25, 0.3) is 0 Å². The van der Waals surface area contributed by atoms with Gasteiger partial charge in [-0.3, -0.25) is 9.69 Å². The lowest BCUT2D eigenvalue weighted by atomic mass is 9.91. The average Bonchev–Trinajstić information content (AvgIpc) is 3.11. The Hall–Kier alpha value is -1.03. The molecule has 1 aromatic rings. The third-order valence-corrected chi connectivity index (χ3v) is 5.85. The van der Waals surface area contributed by atoms with Gasteiger partial charge in [0.1, 0.15) is 6.61 Å². The van der Waals surface area contributed by atoms with E-state index in [0.717, 1.165) is 31.2 Å². The van der Waals surface area contributed by atoms with Crippen LogP contribution in [0.25, 0.3) is 0 Å². The number of hydrogen-bond donors (Lipinski definition) is 0. The number of rotatable bonds is 8. The molecule has 0 N–H and O–H groups in total. The molecular weight excluding hydrogens is 357 g/mol. The molecule has 0 heterocycles. The van der Waals surface area contributed by atoms with Crippen LogP contribution in [0.3, 0.4) is 0 Å². The first-order valence-corrected chi connectivity index (χ1v) is 9.54. The first kappa shape index (κ1) is 20.3. The van der Waals surface area contributed by atoms with Gasteiger partial charge in [-0.1, -0.05) is 48.2 Å². The fraction of sp³-hybridized carbons (Fsp3) is 0.550. The monoisotopic (exact) mass is 383 g/mol. The Morgan fingerprint density at radius 1 is 1.36 bits per heavy atom. The van der Waals surface area contributed by atoms with Crippen molar-refractivity contribution in [3.63, 3.8) is 0 Å². The molecule has 138 valence electrons. The van der Waals surface area contributed by atoms with E-state index in [0.29, 0.717) is 29.6 Å². The zero-order valence-corrected chi connectivity index (χ0v) is 16.6. The highest BCUT2D eigenvalue weighted by Gasteiger charge is 2.33. The highest BCUT2D eigenvalue weighted by Crippen LogP contribution is 2.29. The number of halogens is 2. The topological polar surface area (TPSA) is 29.5 Å². The third-order valence-electron chi connectivity index (χ3n) is 5.11. The summed E-state index contributed by atoms with van der Waals surface area (Å²) in [5.74, 6) is 0.00352. The largest absolute Gasteiger partial charge is 0.463 e. The van der Waals surface area contributed by atoms with Gasteiger partial charge in [-0.15, -0.1) is 6.58 Å². The molecule has 1 atom stereocenters. The van der Waals surface area contributed by atoms with E-state index in [4.69, 9.17) is 27.9 Å². The molecule has 0 saturated heterocycles. The Kier molecular flexibility index (Phi) is 7.36. The molecule has 1 fully saturated rings. The van der Waals surface area contributed by atoms with Crippen molar-refractivity contribution in [2.75, 3.05) is 20.2 Å². The molecule has 0 aromatic heterocycles. The van der Waals surface area contributed by atoms with Gasteiger partial charge in [0.15, 0.2) is 0 Å². The molecule has 5 heteroatoms. The van der Waals surface area contributed by atoms with E-state index >= 15 is 0 Å². The van der Waals surface area contributed by atoms with Crippen LogP contribution in [-0.2, 0) is 16.0 Å². The summed E-state index contributed by atoms with van der Waals surface area (Å²) in [6, 6.07) is 5.65. The Balaban J connectivity index is 2.10. The van der Waals surface area contributed by atoms with Gasteiger partial charge >= 0.3 is 5.97 Å². The third kappa shape index (κ3) is 5.47. The summed E-state index contributed by atoms with van der Waals surface area (Å²) >= 11 is 12.2. The first-order chi connectivity index (χ1) is 11.9. The molecule has 25 heavy (non-hydrogen) atoms. The molecule has 1 aliphatic carbocycles. The molecule has 1 aromatic carbocycles. The molecule has 0 spiro atoms. The Bertz CT molecular complexity index is 614. The van der Waals surface area contributed by atoms with Crippen molar-refractivity contribution in [3.05, 3.63) is 46.5 Å². The van der Waals surface area contributed by atoms with E-state index in [9.17, 15) is 4.79 Å². The molecule has 0 bridgehead atoms. The average molecular weight is 384 g/mol. The number of esters is 1. The van der Waals surface area contributed by atoms with Crippen LogP contribution < -0.4 is 0 Å². The number of benzene rings is 1. The summed E-state index contributed by atoms with van der Waals surface area (Å²) in [5.41, 5.74) is 0.712. The van der Waals surface area contributed by atoms with Crippen molar-refractivity contribution in [3.8, 4) is 0 Å². The number of likely N-dealkylation sites (N-methyl/N-ethyl adjacent to an activating group) is 1. The van der Waals surface area contributed by atoms with E-state index in [1.807, 2.05) is 25.3 Å².